The summed E-state index contributed by atoms with van der Waals surface area (Å²) in [5, 5.41) is 11.2. The maximum absolute atomic E-state index is 12.1. The molecular formula is C15H18N4O3. The summed E-state index contributed by atoms with van der Waals surface area (Å²) >= 11 is 0. The molecule has 116 valence electrons. The van der Waals surface area contributed by atoms with E-state index in [0.717, 1.165) is 23.5 Å². The van der Waals surface area contributed by atoms with Crippen LogP contribution in [0.15, 0.2) is 34.2 Å². The van der Waals surface area contributed by atoms with E-state index in [1.807, 2.05) is 24.7 Å². The number of hydrogen-bond acceptors (Lipinski definition) is 5. The van der Waals surface area contributed by atoms with Gasteiger partial charge in [0.05, 0.1) is 24.2 Å². The molecule has 0 bridgehead atoms. The van der Waals surface area contributed by atoms with Crippen molar-refractivity contribution in [2.75, 3.05) is 0 Å². The Bertz CT molecular complexity index is 688. The van der Waals surface area contributed by atoms with Gasteiger partial charge in [-0.15, -0.1) is 0 Å². The molecule has 1 N–H and O–H groups in total. The predicted molar refractivity (Wildman–Crippen MR) is 79.2 cm³/mol. The number of furan rings is 1. The summed E-state index contributed by atoms with van der Waals surface area (Å²) in [4.78, 5) is 17.3. The molecule has 0 aromatic carbocycles. The fourth-order valence-electron chi connectivity index (χ4n) is 2.34. The number of oxime groups is 1. The van der Waals surface area contributed by atoms with E-state index >= 15 is 0 Å². The largest absolute Gasteiger partial charge is 0.467 e. The lowest BCUT2D eigenvalue weighted by Crippen LogP contribution is -2.34. The number of carbonyl (C=O) groups is 1. The molecular weight excluding hydrogens is 284 g/mol. The highest BCUT2D eigenvalue weighted by Gasteiger charge is 2.30. The number of rotatable bonds is 5. The second-order valence-electron chi connectivity index (χ2n) is 5.12. The fraction of sp³-hybridized carbons (Fsp3) is 0.400. The van der Waals surface area contributed by atoms with Crippen molar-refractivity contribution in [1.29, 1.82) is 0 Å². The van der Waals surface area contributed by atoms with Gasteiger partial charge >= 0.3 is 0 Å². The molecule has 0 unspecified atom stereocenters. The third kappa shape index (κ3) is 2.88. The number of aryl methyl sites for hydroxylation is 2. The predicted octanol–water partition coefficient (Wildman–Crippen LogP) is 1.61. The van der Waals surface area contributed by atoms with Gasteiger partial charge in [0, 0.05) is 24.7 Å². The maximum Gasteiger partial charge on any atom is 0.264 e. The Hall–Kier alpha value is -2.57. The van der Waals surface area contributed by atoms with Crippen LogP contribution in [0.5, 0.6) is 0 Å². The highest BCUT2D eigenvalue weighted by Crippen LogP contribution is 2.19. The summed E-state index contributed by atoms with van der Waals surface area (Å²) < 4.78 is 7.02. The maximum atomic E-state index is 12.1. The monoisotopic (exact) mass is 302 g/mol. The van der Waals surface area contributed by atoms with Crippen molar-refractivity contribution in [1.82, 2.24) is 15.1 Å². The van der Waals surface area contributed by atoms with E-state index in [0.29, 0.717) is 18.7 Å². The Kier molecular flexibility index (Phi) is 3.95. The summed E-state index contributed by atoms with van der Waals surface area (Å²) in [6.45, 7) is 5.08. The zero-order chi connectivity index (χ0) is 15.5. The summed E-state index contributed by atoms with van der Waals surface area (Å²) in [5.41, 5.74) is 2.58. The van der Waals surface area contributed by atoms with Gasteiger partial charge in [0.2, 0.25) is 6.10 Å². The quantitative estimate of drug-likeness (QED) is 0.910. The summed E-state index contributed by atoms with van der Waals surface area (Å²) in [7, 11) is 0. The summed E-state index contributed by atoms with van der Waals surface area (Å²) in [5.74, 6) is 0.503. The third-order valence-corrected chi connectivity index (χ3v) is 3.56. The number of amides is 1. The lowest BCUT2D eigenvalue weighted by molar-refractivity contribution is -0.131. The second kappa shape index (κ2) is 6.05. The van der Waals surface area contributed by atoms with E-state index in [1.54, 1.807) is 18.4 Å². The van der Waals surface area contributed by atoms with Crippen LogP contribution in [0.1, 0.15) is 30.4 Å². The molecule has 1 atom stereocenters. The first-order valence-electron chi connectivity index (χ1n) is 7.24. The molecule has 0 saturated carbocycles. The van der Waals surface area contributed by atoms with Crippen LogP contribution in [-0.4, -0.2) is 27.5 Å². The molecule has 1 amide bonds. The molecule has 1 aliphatic heterocycles. The van der Waals surface area contributed by atoms with E-state index in [4.69, 9.17) is 9.25 Å². The minimum absolute atomic E-state index is 0.198. The molecule has 7 heteroatoms. The zero-order valence-corrected chi connectivity index (χ0v) is 12.6. The van der Waals surface area contributed by atoms with Gasteiger partial charge in [0.1, 0.15) is 5.76 Å². The number of nitrogens with one attached hydrogen (secondary N) is 1. The van der Waals surface area contributed by atoms with Crippen molar-refractivity contribution in [3.8, 4) is 0 Å². The molecule has 7 nitrogen and oxygen atoms in total. The van der Waals surface area contributed by atoms with Gasteiger partial charge in [-0.3, -0.25) is 9.48 Å². The van der Waals surface area contributed by atoms with E-state index < -0.39 is 6.10 Å². The molecule has 0 spiro atoms. The Balaban J connectivity index is 1.58. The van der Waals surface area contributed by atoms with Crippen molar-refractivity contribution < 1.29 is 14.0 Å². The first-order chi connectivity index (χ1) is 10.7. The van der Waals surface area contributed by atoms with Crippen LogP contribution in [0.4, 0.5) is 0 Å². The standard InChI is InChI=1S/C15H18N4O3/c1-3-19-9-12(10(2)17-19)13-7-14(22-18-13)15(20)16-8-11-5-4-6-21-11/h4-6,9,14H,3,7-8H2,1-2H3,(H,16,20)/t14-/m0/s1. The molecule has 2 aromatic rings. The number of nitrogens with zero attached hydrogens (tertiary/aromatic N) is 3. The Morgan fingerprint density at radius 3 is 3.09 bits per heavy atom. The van der Waals surface area contributed by atoms with E-state index in [-0.39, 0.29) is 5.91 Å². The van der Waals surface area contributed by atoms with Crippen molar-refractivity contribution in [2.45, 2.75) is 39.5 Å². The van der Waals surface area contributed by atoms with Gasteiger partial charge in [0.15, 0.2) is 0 Å². The van der Waals surface area contributed by atoms with Gasteiger partial charge in [-0.25, -0.2) is 0 Å². The van der Waals surface area contributed by atoms with E-state index in [1.165, 1.54) is 0 Å². The summed E-state index contributed by atoms with van der Waals surface area (Å²) in [6.07, 6.45) is 3.35. The van der Waals surface area contributed by atoms with Crippen LogP contribution in [0.25, 0.3) is 0 Å². The number of aromatic nitrogens is 2. The first-order valence-corrected chi connectivity index (χ1v) is 7.24. The van der Waals surface area contributed by atoms with E-state index in [2.05, 4.69) is 15.6 Å². The molecule has 1 aliphatic rings. The average molecular weight is 302 g/mol. The van der Waals surface area contributed by atoms with Gasteiger partial charge in [-0.2, -0.15) is 5.10 Å². The Labute approximate surface area is 127 Å². The molecule has 0 radical (unpaired) electrons. The minimum atomic E-state index is -0.602. The van der Waals surface area contributed by atoms with Gasteiger partial charge < -0.3 is 14.6 Å². The van der Waals surface area contributed by atoms with Crippen molar-refractivity contribution in [3.05, 3.63) is 41.6 Å². The SMILES string of the molecule is CCn1cc(C2=NO[C@H](C(=O)NCc3ccco3)C2)c(C)n1. The second-order valence-corrected chi connectivity index (χ2v) is 5.12. The van der Waals surface area contributed by atoms with Crippen LogP contribution < -0.4 is 5.32 Å². The van der Waals surface area contributed by atoms with Crippen LogP contribution in [-0.2, 0) is 22.7 Å². The van der Waals surface area contributed by atoms with Crippen molar-refractivity contribution in [3.63, 3.8) is 0 Å². The van der Waals surface area contributed by atoms with Gasteiger partial charge in [-0.1, -0.05) is 5.16 Å². The Morgan fingerprint density at radius 1 is 1.55 bits per heavy atom. The third-order valence-electron chi connectivity index (χ3n) is 3.56. The molecule has 22 heavy (non-hydrogen) atoms. The lowest BCUT2D eigenvalue weighted by atomic mass is 10.1. The molecule has 0 aliphatic carbocycles. The minimum Gasteiger partial charge on any atom is -0.467 e. The first kappa shape index (κ1) is 14.4. The summed E-state index contributed by atoms with van der Waals surface area (Å²) in [6, 6.07) is 3.59. The topological polar surface area (TPSA) is 81.7 Å². The molecule has 0 fully saturated rings. The van der Waals surface area contributed by atoms with Crippen LogP contribution in [0, 0.1) is 6.92 Å². The lowest BCUT2D eigenvalue weighted by Gasteiger charge is -2.08. The fourth-order valence-corrected chi connectivity index (χ4v) is 2.34. The van der Waals surface area contributed by atoms with Crippen molar-refractivity contribution in [2.24, 2.45) is 5.16 Å². The molecule has 0 saturated heterocycles. The highest BCUT2D eigenvalue weighted by molar-refractivity contribution is 6.04. The van der Waals surface area contributed by atoms with E-state index in [9.17, 15) is 4.79 Å². The molecule has 3 rings (SSSR count). The van der Waals surface area contributed by atoms with Crippen LogP contribution in [0.3, 0.4) is 0 Å². The number of hydrogen-bond donors (Lipinski definition) is 1. The molecule has 2 aromatic heterocycles. The van der Waals surface area contributed by atoms with Gasteiger partial charge in [-0.05, 0) is 26.0 Å². The smallest absolute Gasteiger partial charge is 0.264 e. The van der Waals surface area contributed by atoms with Gasteiger partial charge in [0.25, 0.3) is 5.91 Å². The van der Waals surface area contributed by atoms with Crippen LogP contribution >= 0.6 is 0 Å². The van der Waals surface area contributed by atoms with Crippen LogP contribution in [0.2, 0.25) is 0 Å². The Morgan fingerprint density at radius 2 is 2.41 bits per heavy atom. The normalized spacial score (nSPS) is 17.2. The molecule has 3 heterocycles. The van der Waals surface area contributed by atoms with Crippen molar-refractivity contribution >= 4 is 11.6 Å². The number of carbonyl (C=O) groups excluding carboxylic acids is 1. The average Bonchev–Trinajstić information content (AvgIpc) is 3.24. The highest BCUT2D eigenvalue weighted by atomic mass is 16.6. The zero-order valence-electron chi connectivity index (χ0n) is 12.6.